The Bertz CT molecular complexity index is 801. The molecular formula is C22H31N5O2. The minimum Gasteiger partial charge on any atom is -0.356 e. The SMILES string of the molecule is CCN(CC)CCCNC(=O)C[C@@H](C(=O)N1CCc2ccccc21)n1ccnc1. The van der Waals surface area contributed by atoms with E-state index in [1.807, 2.05) is 18.2 Å². The van der Waals surface area contributed by atoms with Crippen LogP contribution < -0.4 is 10.2 Å². The molecule has 0 saturated heterocycles. The molecule has 2 amide bonds. The van der Waals surface area contributed by atoms with Gasteiger partial charge in [0.2, 0.25) is 5.91 Å². The Morgan fingerprint density at radius 3 is 2.76 bits per heavy atom. The highest BCUT2D eigenvalue weighted by molar-refractivity contribution is 6.00. The Morgan fingerprint density at radius 2 is 2.03 bits per heavy atom. The van der Waals surface area contributed by atoms with Gasteiger partial charge in [0.15, 0.2) is 0 Å². The van der Waals surface area contributed by atoms with Gasteiger partial charge < -0.3 is 19.7 Å². The van der Waals surface area contributed by atoms with Crippen molar-refractivity contribution in [2.45, 2.75) is 39.2 Å². The molecule has 7 heteroatoms. The van der Waals surface area contributed by atoms with E-state index in [1.54, 1.807) is 28.2 Å². The molecule has 0 radical (unpaired) electrons. The van der Waals surface area contributed by atoms with Crippen LogP contribution in [0.1, 0.15) is 38.3 Å². The highest BCUT2D eigenvalue weighted by atomic mass is 16.2. The Kier molecular flexibility index (Phi) is 7.41. The zero-order chi connectivity index (χ0) is 20.6. The number of benzene rings is 1. The zero-order valence-electron chi connectivity index (χ0n) is 17.4. The van der Waals surface area contributed by atoms with Gasteiger partial charge in [-0.15, -0.1) is 0 Å². The fourth-order valence-electron chi connectivity index (χ4n) is 3.84. The number of hydrogen-bond acceptors (Lipinski definition) is 4. The predicted octanol–water partition coefficient (Wildman–Crippen LogP) is 2.25. The quantitative estimate of drug-likeness (QED) is 0.625. The Hall–Kier alpha value is -2.67. The number of nitrogens with zero attached hydrogens (tertiary/aromatic N) is 4. The first-order valence-corrected chi connectivity index (χ1v) is 10.5. The van der Waals surface area contributed by atoms with Crippen molar-refractivity contribution >= 4 is 17.5 Å². The van der Waals surface area contributed by atoms with Gasteiger partial charge in [0.1, 0.15) is 6.04 Å². The lowest BCUT2D eigenvalue weighted by atomic mass is 10.1. The number of para-hydroxylation sites is 1. The van der Waals surface area contributed by atoms with Crippen LogP contribution in [0.5, 0.6) is 0 Å². The van der Waals surface area contributed by atoms with Crippen LogP contribution >= 0.6 is 0 Å². The van der Waals surface area contributed by atoms with Gasteiger partial charge in [0.05, 0.1) is 12.7 Å². The lowest BCUT2D eigenvalue weighted by molar-refractivity contribution is -0.128. The van der Waals surface area contributed by atoms with E-state index in [0.717, 1.165) is 38.2 Å². The first-order valence-electron chi connectivity index (χ1n) is 10.5. The first-order chi connectivity index (χ1) is 14.1. The summed E-state index contributed by atoms with van der Waals surface area (Å²) in [6.07, 6.45) is 6.85. The first kappa shape index (κ1) is 21.0. The molecule has 0 spiro atoms. The van der Waals surface area contributed by atoms with Crippen molar-refractivity contribution in [3.05, 3.63) is 48.5 Å². The van der Waals surface area contributed by atoms with E-state index < -0.39 is 6.04 Å². The molecule has 2 aromatic rings. The molecule has 1 N–H and O–H groups in total. The van der Waals surface area contributed by atoms with Gasteiger partial charge in [-0.25, -0.2) is 4.98 Å². The van der Waals surface area contributed by atoms with Crippen molar-refractivity contribution in [3.63, 3.8) is 0 Å². The van der Waals surface area contributed by atoms with Crippen LogP contribution in [0, 0.1) is 0 Å². The third-order valence-corrected chi connectivity index (χ3v) is 5.57. The van der Waals surface area contributed by atoms with Crippen molar-refractivity contribution in [3.8, 4) is 0 Å². The fraction of sp³-hybridized carbons (Fsp3) is 0.500. The molecule has 29 heavy (non-hydrogen) atoms. The third-order valence-electron chi connectivity index (χ3n) is 5.57. The smallest absolute Gasteiger partial charge is 0.250 e. The van der Waals surface area contributed by atoms with Crippen LogP contribution in [0.3, 0.4) is 0 Å². The summed E-state index contributed by atoms with van der Waals surface area (Å²) >= 11 is 0. The lowest BCUT2D eigenvalue weighted by Gasteiger charge is -2.25. The molecule has 1 aliphatic rings. The summed E-state index contributed by atoms with van der Waals surface area (Å²) in [5.74, 6) is -0.171. The van der Waals surface area contributed by atoms with Gasteiger partial charge in [-0.2, -0.15) is 0 Å². The average Bonchev–Trinajstić information content (AvgIpc) is 3.41. The highest BCUT2D eigenvalue weighted by Crippen LogP contribution is 2.30. The molecule has 3 rings (SSSR count). The van der Waals surface area contributed by atoms with E-state index in [1.165, 1.54) is 5.56 Å². The van der Waals surface area contributed by atoms with Crippen molar-refractivity contribution < 1.29 is 9.59 Å². The number of rotatable bonds is 10. The van der Waals surface area contributed by atoms with Gasteiger partial charge in [-0.1, -0.05) is 32.0 Å². The zero-order valence-corrected chi connectivity index (χ0v) is 17.4. The number of imidazole rings is 1. The number of anilines is 1. The topological polar surface area (TPSA) is 70.5 Å². The minimum absolute atomic E-state index is 0.0637. The summed E-state index contributed by atoms with van der Waals surface area (Å²) in [5.41, 5.74) is 2.12. The standard InChI is InChI=1S/C22H31N5O2/c1-3-25(4-2)13-7-11-24-21(28)16-20(26-15-12-23-17-26)22(29)27-14-10-18-8-5-6-9-19(18)27/h5-6,8-9,12,15,17,20H,3-4,7,10-11,13-14,16H2,1-2H3,(H,24,28)/t20-/m0/s1. The molecule has 2 heterocycles. The maximum atomic E-state index is 13.3. The minimum atomic E-state index is -0.591. The van der Waals surface area contributed by atoms with Crippen molar-refractivity contribution in [2.24, 2.45) is 0 Å². The van der Waals surface area contributed by atoms with E-state index in [0.29, 0.717) is 13.1 Å². The number of hydrogen-bond donors (Lipinski definition) is 1. The van der Waals surface area contributed by atoms with Crippen LogP contribution in [0.4, 0.5) is 5.69 Å². The van der Waals surface area contributed by atoms with E-state index in [2.05, 4.69) is 35.1 Å². The average molecular weight is 398 g/mol. The summed E-state index contributed by atoms with van der Waals surface area (Å²) < 4.78 is 1.73. The number of carbonyl (C=O) groups is 2. The summed E-state index contributed by atoms with van der Waals surface area (Å²) in [7, 11) is 0. The predicted molar refractivity (Wildman–Crippen MR) is 114 cm³/mol. The normalized spacial score (nSPS) is 14.1. The summed E-state index contributed by atoms with van der Waals surface area (Å²) in [6, 6.07) is 7.37. The molecule has 1 aromatic heterocycles. The van der Waals surface area contributed by atoms with Crippen molar-refractivity contribution in [1.29, 1.82) is 0 Å². The summed E-state index contributed by atoms with van der Waals surface area (Å²) in [4.78, 5) is 34.1. The molecule has 7 nitrogen and oxygen atoms in total. The molecular weight excluding hydrogens is 366 g/mol. The van der Waals surface area contributed by atoms with Crippen LogP contribution in [0.25, 0.3) is 0 Å². The molecule has 0 saturated carbocycles. The van der Waals surface area contributed by atoms with E-state index in [4.69, 9.17) is 0 Å². The second kappa shape index (κ2) is 10.2. The molecule has 0 unspecified atom stereocenters. The molecule has 1 aliphatic heterocycles. The van der Waals surface area contributed by atoms with Gasteiger partial charge >= 0.3 is 0 Å². The van der Waals surface area contributed by atoms with Gasteiger partial charge in [0, 0.05) is 31.2 Å². The number of nitrogens with one attached hydrogen (secondary N) is 1. The molecule has 156 valence electrons. The molecule has 0 aliphatic carbocycles. The fourth-order valence-corrected chi connectivity index (χ4v) is 3.84. The van der Waals surface area contributed by atoms with Crippen LogP contribution in [-0.2, 0) is 16.0 Å². The van der Waals surface area contributed by atoms with Crippen LogP contribution in [-0.4, -0.2) is 59.0 Å². The van der Waals surface area contributed by atoms with E-state index in [9.17, 15) is 9.59 Å². The van der Waals surface area contributed by atoms with Crippen molar-refractivity contribution in [2.75, 3.05) is 37.6 Å². The van der Waals surface area contributed by atoms with Gasteiger partial charge in [-0.3, -0.25) is 9.59 Å². The Labute approximate surface area is 172 Å². The maximum Gasteiger partial charge on any atom is 0.250 e. The number of aromatic nitrogens is 2. The monoisotopic (exact) mass is 397 g/mol. The van der Waals surface area contributed by atoms with E-state index >= 15 is 0 Å². The number of fused-ring (bicyclic) bond motifs is 1. The second-order valence-corrected chi connectivity index (χ2v) is 7.33. The third kappa shape index (κ3) is 5.23. The Balaban J connectivity index is 1.61. The summed E-state index contributed by atoms with van der Waals surface area (Å²) in [6.45, 7) is 8.53. The van der Waals surface area contributed by atoms with Crippen LogP contribution in [0.2, 0.25) is 0 Å². The maximum absolute atomic E-state index is 13.3. The van der Waals surface area contributed by atoms with Crippen molar-refractivity contribution in [1.82, 2.24) is 19.8 Å². The molecule has 0 fully saturated rings. The summed E-state index contributed by atoms with van der Waals surface area (Å²) in [5, 5.41) is 2.97. The van der Waals surface area contributed by atoms with Crippen LogP contribution in [0.15, 0.2) is 43.0 Å². The highest BCUT2D eigenvalue weighted by Gasteiger charge is 2.32. The van der Waals surface area contributed by atoms with Gasteiger partial charge in [-0.05, 0) is 44.1 Å². The molecule has 1 aromatic carbocycles. The largest absolute Gasteiger partial charge is 0.356 e. The Morgan fingerprint density at radius 1 is 1.24 bits per heavy atom. The lowest BCUT2D eigenvalue weighted by Crippen LogP contribution is -2.39. The molecule has 1 atom stereocenters. The second-order valence-electron chi connectivity index (χ2n) is 7.33. The number of amides is 2. The van der Waals surface area contributed by atoms with E-state index in [-0.39, 0.29) is 18.2 Å². The molecule has 0 bridgehead atoms. The van der Waals surface area contributed by atoms with Gasteiger partial charge in [0.25, 0.3) is 5.91 Å². The number of carbonyl (C=O) groups excluding carboxylic acids is 2.